The molecule has 0 aromatic heterocycles. The minimum atomic E-state index is -1.58. The predicted octanol–water partition coefficient (Wildman–Crippen LogP) is -4.97. The molecule has 11 nitrogen and oxygen atoms in total. The highest BCUT2D eigenvalue weighted by atomic mass is 32.1. The molecule has 0 spiro atoms. The topological polar surface area (TPSA) is 175 Å². The van der Waals surface area contributed by atoms with E-state index in [1.807, 2.05) is 0 Å². The van der Waals surface area contributed by atoms with Crippen LogP contribution in [0, 0.1) is 0 Å². The summed E-state index contributed by atoms with van der Waals surface area (Å²) >= 11 is 5.17. The summed E-state index contributed by atoms with van der Waals surface area (Å²) in [5.74, 6) is 0. The molecule has 0 saturated carbocycles. The fraction of sp³-hybridized carbons (Fsp3) is 0.923. The molecule has 2 fully saturated rings. The van der Waals surface area contributed by atoms with Crippen molar-refractivity contribution in [2.24, 2.45) is 0 Å². The van der Waals surface area contributed by atoms with Gasteiger partial charge < -0.3 is 55.4 Å². The summed E-state index contributed by atoms with van der Waals surface area (Å²) in [5, 5.41) is 70.8. The minimum absolute atomic E-state index is 0.0961. The third kappa shape index (κ3) is 4.03. The van der Waals surface area contributed by atoms with Crippen LogP contribution in [0.1, 0.15) is 0 Å². The highest BCUT2D eigenvalue weighted by molar-refractivity contribution is 7.80. The second-order valence-corrected chi connectivity index (χ2v) is 6.41. The summed E-state index contributed by atoms with van der Waals surface area (Å²) in [4.78, 5) is 1.25. The minimum Gasteiger partial charge on any atom is -0.394 e. The Morgan fingerprint density at radius 1 is 1.08 bits per heavy atom. The number of aliphatic hydroxyl groups excluding tert-OH is 7. The van der Waals surface area contributed by atoms with Gasteiger partial charge in [-0.1, -0.05) is 0 Å². The van der Waals surface area contributed by atoms with Gasteiger partial charge in [0.15, 0.2) is 17.6 Å². The molecule has 25 heavy (non-hydrogen) atoms. The number of ether oxygens (including phenoxy) is 2. The lowest BCUT2D eigenvalue weighted by molar-refractivity contribution is -0.234. The molecule has 146 valence electrons. The van der Waals surface area contributed by atoms with Gasteiger partial charge in [0, 0.05) is 7.11 Å². The van der Waals surface area contributed by atoms with Gasteiger partial charge >= 0.3 is 0 Å². The molecule has 0 bridgehead atoms. The number of aliphatic hydroxyl groups is 7. The van der Waals surface area contributed by atoms with Gasteiger partial charge in [0.1, 0.15) is 42.7 Å². The molecule has 0 unspecified atom stereocenters. The summed E-state index contributed by atoms with van der Waals surface area (Å²) < 4.78 is 10.4. The first-order chi connectivity index (χ1) is 11.7. The Morgan fingerprint density at radius 3 is 2.28 bits per heavy atom. The van der Waals surface area contributed by atoms with Crippen molar-refractivity contribution in [2.45, 2.75) is 55.2 Å². The lowest BCUT2D eigenvalue weighted by Crippen LogP contribution is -2.68. The number of nitrogens with one attached hydrogen (secondary N) is 1. The van der Waals surface area contributed by atoms with Crippen molar-refractivity contribution in [3.8, 4) is 0 Å². The molecule has 9 atom stereocenters. The molecule has 2 aliphatic heterocycles. The first kappa shape index (κ1) is 20.6. The highest BCUT2D eigenvalue weighted by Gasteiger charge is 2.46. The summed E-state index contributed by atoms with van der Waals surface area (Å²) in [6.07, 6.45) is -12.2. The zero-order valence-electron chi connectivity index (χ0n) is 13.4. The SMILES string of the molecule is CO[C@@H]1[C@H](O)[C@@H](O)[C@H](O)CN1C(=S)N[C@@H]1O[C@H](CO)[C@@H](O)[C@H](O)[C@H]1O. The molecular formula is C13H24N2O9S. The van der Waals surface area contributed by atoms with Gasteiger partial charge in [0.2, 0.25) is 0 Å². The van der Waals surface area contributed by atoms with E-state index >= 15 is 0 Å². The number of nitrogens with zero attached hydrogens (tertiary/aromatic N) is 1. The molecule has 0 aliphatic carbocycles. The van der Waals surface area contributed by atoms with Crippen LogP contribution in [-0.4, -0.2) is 121 Å². The Balaban J connectivity index is 2.09. The van der Waals surface area contributed by atoms with E-state index < -0.39 is 61.8 Å². The number of hydrogen-bond donors (Lipinski definition) is 8. The van der Waals surface area contributed by atoms with Crippen molar-refractivity contribution in [1.82, 2.24) is 10.2 Å². The average molecular weight is 384 g/mol. The molecule has 0 aromatic rings. The maximum Gasteiger partial charge on any atom is 0.173 e. The van der Waals surface area contributed by atoms with Crippen molar-refractivity contribution in [1.29, 1.82) is 0 Å². The van der Waals surface area contributed by atoms with E-state index in [4.69, 9.17) is 21.7 Å². The fourth-order valence-electron chi connectivity index (χ4n) is 2.88. The number of rotatable bonds is 3. The van der Waals surface area contributed by atoms with E-state index in [-0.39, 0.29) is 11.7 Å². The van der Waals surface area contributed by atoms with E-state index in [2.05, 4.69) is 5.32 Å². The van der Waals surface area contributed by atoms with Crippen LogP contribution in [0.4, 0.5) is 0 Å². The molecule has 0 radical (unpaired) electrons. The molecule has 12 heteroatoms. The Labute approximate surface area is 149 Å². The van der Waals surface area contributed by atoms with Gasteiger partial charge in [-0.15, -0.1) is 0 Å². The lowest BCUT2D eigenvalue weighted by Gasteiger charge is -2.46. The summed E-state index contributed by atoms with van der Waals surface area (Å²) in [5.41, 5.74) is 0. The Bertz CT molecular complexity index is 471. The van der Waals surface area contributed by atoms with Crippen molar-refractivity contribution in [3.63, 3.8) is 0 Å². The third-order valence-corrected chi connectivity index (χ3v) is 4.74. The van der Waals surface area contributed by atoms with Gasteiger partial charge in [-0.25, -0.2) is 0 Å². The second kappa shape index (κ2) is 8.35. The first-order valence-corrected chi connectivity index (χ1v) is 8.08. The van der Waals surface area contributed by atoms with Crippen LogP contribution in [0.3, 0.4) is 0 Å². The Hall–Kier alpha value is -0.670. The van der Waals surface area contributed by atoms with E-state index in [0.717, 1.165) is 0 Å². The van der Waals surface area contributed by atoms with Gasteiger partial charge in [-0.3, -0.25) is 0 Å². The number of β-amino-alcohol motifs (C(OH)–C–C–N with tert-alkyl or cyclic N) is 1. The fourth-order valence-corrected chi connectivity index (χ4v) is 3.18. The number of likely N-dealkylation sites (tertiary alicyclic amines) is 1. The molecule has 2 rings (SSSR count). The molecular weight excluding hydrogens is 360 g/mol. The summed E-state index contributed by atoms with van der Waals surface area (Å²) in [6.45, 7) is -0.760. The van der Waals surface area contributed by atoms with E-state index in [9.17, 15) is 35.7 Å². The molecule has 0 amide bonds. The number of methoxy groups -OCH3 is 1. The zero-order chi connectivity index (χ0) is 18.9. The quantitative estimate of drug-likeness (QED) is 0.218. The number of piperidine rings is 1. The summed E-state index contributed by atoms with van der Waals surface area (Å²) in [7, 11) is 1.28. The van der Waals surface area contributed by atoms with Crippen LogP contribution < -0.4 is 5.32 Å². The Kier molecular flexibility index (Phi) is 6.89. The monoisotopic (exact) mass is 384 g/mol. The standard InChI is InChI=1S/C13H24N2O9S/c1-23-12-10(22)6(18)4(17)2-15(12)13(25)14-11-9(21)8(20)7(19)5(3-16)24-11/h4-12,16-22H,2-3H2,1H3,(H,14,25)/t4-,5-,6+,7-,8+,9-,10-,11-,12-/m1/s1. The van der Waals surface area contributed by atoms with Crippen molar-refractivity contribution >= 4 is 17.3 Å². The largest absolute Gasteiger partial charge is 0.394 e. The second-order valence-electron chi connectivity index (χ2n) is 6.03. The van der Waals surface area contributed by atoms with E-state index in [0.29, 0.717) is 0 Å². The highest BCUT2D eigenvalue weighted by Crippen LogP contribution is 2.22. The number of thiocarbonyl (C=S) groups is 1. The maximum absolute atomic E-state index is 10.0. The molecule has 8 N–H and O–H groups in total. The average Bonchev–Trinajstić information content (AvgIpc) is 2.59. The van der Waals surface area contributed by atoms with Gasteiger partial charge in [0.05, 0.1) is 13.2 Å². The smallest absolute Gasteiger partial charge is 0.173 e. The van der Waals surface area contributed by atoms with Crippen LogP contribution in [-0.2, 0) is 9.47 Å². The van der Waals surface area contributed by atoms with Crippen molar-refractivity contribution in [3.05, 3.63) is 0 Å². The lowest BCUT2D eigenvalue weighted by atomic mass is 9.98. The normalized spacial score (nSPS) is 45.3. The van der Waals surface area contributed by atoms with Crippen molar-refractivity contribution < 1.29 is 45.2 Å². The van der Waals surface area contributed by atoms with Gasteiger partial charge in [-0.2, -0.15) is 0 Å². The van der Waals surface area contributed by atoms with Crippen LogP contribution in [0.15, 0.2) is 0 Å². The third-order valence-electron chi connectivity index (χ3n) is 4.39. The summed E-state index contributed by atoms with van der Waals surface area (Å²) in [6, 6.07) is 0. The molecule has 0 aromatic carbocycles. The van der Waals surface area contributed by atoms with Crippen LogP contribution >= 0.6 is 12.2 Å². The van der Waals surface area contributed by atoms with Crippen LogP contribution in [0.2, 0.25) is 0 Å². The molecule has 2 saturated heterocycles. The van der Waals surface area contributed by atoms with Crippen LogP contribution in [0.5, 0.6) is 0 Å². The molecule has 2 heterocycles. The molecule has 2 aliphatic rings. The van der Waals surface area contributed by atoms with E-state index in [1.54, 1.807) is 0 Å². The van der Waals surface area contributed by atoms with E-state index in [1.165, 1.54) is 12.0 Å². The predicted molar refractivity (Wildman–Crippen MR) is 85.0 cm³/mol. The zero-order valence-corrected chi connectivity index (χ0v) is 14.2. The first-order valence-electron chi connectivity index (χ1n) is 7.67. The van der Waals surface area contributed by atoms with Gasteiger partial charge in [-0.05, 0) is 12.2 Å². The van der Waals surface area contributed by atoms with Crippen LogP contribution in [0.25, 0.3) is 0 Å². The van der Waals surface area contributed by atoms with Crippen molar-refractivity contribution in [2.75, 3.05) is 20.3 Å². The Morgan fingerprint density at radius 2 is 1.72 bits per heavy atom. The van der Waals surface area contributed by atoms with Gasteiger partial charge in [0.25, 0.3) is 0 Å². The maximum atomic E-state index is 10.0. The number of hydrogen-bond acceptors (Lipinski definition) is 10.